The molecule has 2 N–H and O–H groups in total. The van der Waals surface area contributed by atoms with Gasteiger partial charge in [0.05, 0.1) is 16.8 Å². The van der Waals surface area contributed by atoms with Crippen LogP contribution in [-0.2, 0) is 0 Å². The summed E-state index contributed by atoms with van der Waals surface area (Å²) in [5.74, 6) is -0.201. The molecule has 0 aliphatic heterocycles. The zero-order valence-electron chi connectivity index (χ0n) is 10.4. The number of rotatable bonds is 5. The summed E-state index contributed by atoms with van der Waals surface area (Å²) in [6.07, 6.45) is 4.72. The SMILES string of the molecule is O=C(NCCNc1cnccn1)c1ccc(F)cc1Cl. The Balaban J connectivity index is 1.80. The molecule has 5 nitrogen and oxygen atoms in total. The van der Waals surface area contributed by atoms with Gasteiger partial charge in [-0.25, -0.2) is 9.37 Å². The van der Waals surface area contributed by atoms with Gasteiger partial charge in [-0.1, -0.05) is 11.6 Å². The number of anilines is 1. The molecule has 0 spiro atoms. The van der Waals surface area contributed by atoms with Gasteiger partial charge >= 0.3 is 0 Å². The van der Waals surface area contributed by atoms with Crippen LogP contribution < -0.4 is 10.6 Å². The molecule has 1 amide bonds. The van der Waals surface area contributed by atoms with Crippen LogP contribution in [-0.4, -0.2) is 29.0 Å². The van der Waals surface area contributed by atoms with Crippen LogP contribution in [0, 0.1) is 5.82 Å². The molecular weight excluding hydrogens is 283 g/mol. The Kier molecular flexibility index (Phi) is 4.84. The molecule has 0 aliphatic carbocycles. The van der Waals surface area contributed by atoms with Crippen LogP contribution in [0.1, 0.15) is 10.4 Å². The third-order valence-electron chi connectivity index (χ3n) is 2.46. The van der Waals surface area contributed by atoms with Crippen molar-refractivity contribution in [3.8, 4) is 0 Å². The van der Waals surface area contributed by atoms with Crippen molar-refractivity contribution in [3.63, 3.8) is 0 Å². The first kappa shape index (κ1) is 14.2. The first-order chi connectivity index (χ1) is 9.66. The van der Waals surface area contributed by atoms with Crippen molar-refractivity contribution in [3.05, 3.63) is 53.2 Å². The smallest absolute Gasteiger partial charge is 0.252 e. The predicted molar refractivity (Wildman–Crippen MR) is 74.3 cm³/mol. The molecule has 1 aromatic heterocycles. The summed E-state index contributed by atoms with van der Waals surface area (Å²) in [7, 11) is 0. The van der Waals surface area contributed by atoms with E-state index in [0.717, 1.165) is 6.07 Å². The first-order valence-corrected chi connectivity index (χ1v) is 6.28. The van der Waals surface area contributed by atoms with Gasteiger partial charge in [0.15, 0.2) is 0 Å². The molecule has 1 aromatic carbocycles. The summed E-state index contributed by atoms with van der Waals surface area (Å²) >= 11 is 5.80. The fourth-order valence-electron chi connectivity index (χ4n) is 1.53. The average Bonchev–Trinajstić information content (AvgIpc) is 2.44. The summed E-state index contributed by atoms with van der Waals surface area (Å²) < 4.78 is 12.9. The van der Waals surface area contributed by atoms with Gasteiger partial charge in [-0.2, -0.15) is 0 Å². The fourth-order valence-corrected chi connectivity index (χ4v) is 1.78. The van der Waals surface area contributed by atoms with Crippen LogP contribution in [0.4, 0.5) is 10.2 Å². The van der Waals surface area contributed by atoms with Gasteiger partial charge in [-0.3, -0.25) is 9.78 Å². The van der Waals surface area contributed by atoms with Gasteiger partial charge in [-0.15, -0.1) is 0 Å². The van der Waals surface area contributed by atoms with Crippen LogP contribution in [0.3, 0.4) is 0 Å². The van der Waals surface area contributed by atoms with Crippen LogP contribution >= 0.6 is 11.6 Å². The maximum Gasteiger partial charge on any atom is 0.252 e. The van der Waals surface area contributed by atoms with Crippen molar-refractivity contribution in [1.82, 2.24) is 15.3 Å². The van der Waals surface area contributed by atoms with E-state index < -0.39 is 5.82 Å². The van der Waals surface area contributed by atoms with E-state index in [0.29, 0.717) is 18.9 Å². The molecule has 0 aliphatic rings. The van der Waals surface area contributed by atoms with E-state index >= 15 is 0 Å². The van der Waals surface area contributed by atoms with Gasteiger partial charge in [-0.05, 0) is 18.2 Å². The number of nitrogens with one attached hydrogen (secondary N) is 2. The highest BCUT2D eigenvalue weighted by Gasteiger charge is 2.10. The van der Waals surface area contributed by atoms with Crippen molar-refractivity contribution >= 4 is 23.3 Å². The molecule has 0 saturated carbocycles. The minimum absolute atomic E-state index is 0.0874. The summed E-state index contributed by atoms with van der Waals surface area (Å²) in [4.78, 5) is 19.7. The Labute approximate surface area is 120 Å². The lowest BCUT2D eigenvalue weighted by molar-refractivity contribution is 0.0955. The van der Waals surface area contributed by atoms with Crippen LogP contribution in [0.2, 0.25) is 5.02 Å². The first-order valence-electron chi connectivity index (χ1n) is 5.90. The molecule has 0 atom stereocenters. The number of hydrogen-bond donors (Lipinski definition) is 2. The van der Waals surface area contributed by atoms with Gasteiger partial charge in [0.2, 0.25) is 0 Å². The lowest BCUT2D eigenvalue weighted by atomic mass is 10.2. The topological polar surface area (TPSA) is 66.9 Å². The van der Waals surface area contributed by atoms with E-state index in [1.807, 2.05) is 0 Å². The second kappa shape index (κ2) is 6.81. The number of amides is 1. The number of benzene rings is 1. The highest BCUT2D eigenvalue weighted by atomic mass is 35.5. The maximum absolute atomic E-state index is 12.9. The Hall–Kier alpha value is -2.21. The second-order valence-electron chi connectivity index (χ2n) is 3.90. The highest BCUT2D eigenvalue weighted by molar-refractivity contribution is 6.33. The summed E-state index contributed by atoms with van der Waals surface area (Å²) in [5.41, 5.74) is 0.243. The quantitative estimate of drug-likeness (QED) is 0.829. The molecule has 0 bridgehead atoms. The highest BCUT2D eigenvalue weighted by Crippen LogP contribution is 2.16. The van der Waals surface area contributed by atoms with Crippen molar-refractivity contribution in [2.45, 2.75) is 0 Å². The molecule has 7 heteroatoms. The number of aromatic nitrogens is 2. The van der Waals surface area contributed by atoms with Gasteiger partial charge in [0, 0.05) is 25.5 Å². The molecule has 0 saturated heterocycles. The number of carbonyl (C=O) groups is 1. The van der Waals surface area contributed by atoms with E-state index in [-0.39, 0.29) is 16.5 Å². The average molecular weight is 295 g/mol. The molecule has 0 radical (unpaired) electrons. The monoisotopic (exact) mass is 294 g/mol. The number of halogens is 2. The minimum Gasteiger partial charge on any atom is -0.367 e. The van der Waals surface area contributed by atoms with Crippen LogP contribution in [0.25, 0.3) is 0 Å². The maximum atomic E-state index is 12.9. The zero-order valence-corrected chi connectivity index (χ0v) is 11.2. The van der Waals surface area contributed by atoms with E-state index in [2.05, 4.69) is 20.6 Å². The summed E-state index contributed by atoms with van der Waals surface area (Å²) in [6, 6.07) is 3.65. The van der Waals surface area contributed by atoms with Crippen molar-refractivity contribution < 1.29 is 9.18 Å². The summed E-state index contributed by atoms with van der Waals surface area (Å²) in [5, 5.41) is 5.75. The van der Waals surface area contributed by atoms with Crippen LogP contribution in [0.15, 0.2) is 36.8 Å². The normalized spacial score (nSPS) is 10.1. The second-order valence-corrected chi connectivity index (χ2v) is 4.30. The third kappa shape index (κ3) is 3.89. The molecule has 2 rings (SSSR count). The molecule has 20 heavy (non-hydrogen) atoms. The summed E-state index contributed by atoms with van der Waals surface area (Å²) in [6.45, 7) is 0.867. The Bertz CT molecular complexity index is 594. The van der Waals surface area contributed by atoms with Crippen molar-refractivity contribution in [2.75, 3.05) is 18.4 Å². The van der Waals surface area contributed by atoms with Crippen LogP contribution in [0.5, 0.6) is 0 Å². The molecule has 0 fully saturated rings. The predicted octanol–water partition coefficient (Wildman–Crippen LogP) is 2.11. The van der Waals surface area contributed by atoms with Gasteiger partial charge < -0.3 is 10.6 Å². The lowest BCUT2D eigenvalue weighted by Crippen LogP contribution is -2.29. The Morgan fingerprint density at radius 2 is 2.15 bits per heavy atom. The Morgan fingerprint density at radius 3 is 2.85 bits per heavy atom. The minimum atomic E-state index is -0.476. The molecule has 104 valence electrons. The Morgan fingerprint density at radius 1 is 1.30 bits per heavy atom. The number of nitrogens with zero attached hydrogens (tertiary/aromatic N) is 2. The molecule has 2 aromatic rings. The van der Waals surface area contributed by atoms with Crippen molar-refractivity contribution in [2.24, 2.45) is 0 Å². The largest absolute Gasteiger partial charge is 0.367 e. The molecular formula is C13H12ClFN4O. The molecule has 0 unspecified atom stereocenters. The standard InChI is InChI=1S/C13H12ClFN4O/c14-11-7-9(15)1-2-10(11)13(20)19-6-5-18-12-8-16-3-4-17-12/h1-4,7-8H,5-6H2,(H,17,18)(H,19,20). The van der Waals surface area contributed by atoms with E-state index in [1.54, 1.807) is 18.6 Å². The van der Waals surface area contributed by atoms with Crippen molar-refractivity contribution in [1.29, 1.82) is 0 Å². The van der Waals surface area contributed by atoms with E-state index in [9.17, 15) is 9.18 Å². The number of carbonyl (C=O) groups excluding carboxylic acids is 1. The van der Waals surface area contributed by atoms with Gasteiger partial charge in [0.25, 0.3) is 5.91 Å². The zero-order chi connectivity index (χ0) is 14.4. The van der Waals surface area contributed by atoms with Gasteiger partial charge in [0.1, 0.15) is 11.6 Å². The van der Waals surface area contributed by atoms with E-state index in [1.165, 1.54) is 12.1 Å². The van der Waals surface area contributed by atoms with E-state index in [4.69, 9.17) is 11.6 Å². The molecule has 1 heterocycles. The third-order valence-corrected chi connectivity index (χ3v) is 2.77. The fraction of sp³-hybridized carbons (Fsp3) is 0.154. The lowest BCUT2D eigenvalue weighted by Gasteiger charge is -2.08. The number of hydrogen-bond acceptors (Lipinski definition) is 4.